The van der Waals surface area contributed by atoms with E-state index in [9.17, 15) is 8.78 Å². The molecule has 0 saturated heterocycles. The lowest BCUT2D eigenvalue weighted by molar-refractivity contribution is -0.0577. The van der Waals surface area contributed by atoms with Gasteiger partial charge in [-0.1, -0.05) is 56.9 Å². The molecule has 2 fully saturated rings. The van der Waals surface area contributed by atoms with E-state index >= 15 is 0 Å². The number of allylic oxidation sites excluding steroid dienone is 1. The molecule has 188 valence electrons. The van der Waals surface area contributed by atoms with Gasteiger partial charge in [-0.3, -0.25) is 0 Å². The molecule has 0 N–H and O–H groups in total. The number of unbranched alkanes of at least 4 members (excludes halogenated alkanes) is 1. The first-order valence-corrected chi connectivity index (χ1v) is 13.5. The highest BCUT2D eigenvalue weighted by molar-refractivity contribution is 5.31. The van der Waals surface area contributed by atoms with Crippen LogP contribution in [-0.2, 0) is 16.1 Å². The second-order valence-corrected chi connectivity index (χ2v) is 10.9. The van der Waals surface area contributed by atoms with Crippen LogP contribution < -0.4 is 0 Å². The second-order valence-electron chi connectivity index (χ2n) is 10.9. The summed E-state index contributed by atoms with van der Waals surface area (Å²) >= 11 is 0. The maximum absolute atomic E-state index is 14.7. The molecule has 2 nitrogen and oxygen atoms in total. The summed E-state index contributed by atoms with van der Waals surface area (Å²) in [6, 6.07) is 8.61. The Bertz CT molecular complexity index is 861. The van der Waals surface area contributed by atoms with E-state index in [1.165, 1.54) is 69.4 Å². The lowest BCUT2D eigenvalue weighted by atomic mass is 9.63. The van der Waals surface area contributed by atoms with E-state index in [-0.39, 0.29) is 12.4 Å². The monoisotopic (exact) mass is 472 g/mol. The zero-order valence-corrected chi connectivity index (χ0v) is 21.2. The van der Waals surface area contributed by atoms with Gasteiger partial charge in [0.05, 0.1) is 13.2 Å². The smallest absolute Gasteiger partial charge is 0.187 e. The first-order valence-electron chi connectivity index (χ1n) is 13.5. The first kappa shape index (κ1) is 25.4. The predicted molar refractivity (Wildman–Crippen MR) is 134 cm³/mol. The van der Waals surface area contributed by atoms with E-state index < -0.39 is 17.6 Å². The number of hydrogen-bond acceptors (Lipinski definition) is 2. The van der Waals surface area contributed by atoms with Crippen molar-refractivity contribution in [3.63, 3.8) is 0 Å². The van der Waals surface area contributed by atoms with Crippen molar-refractivity contribution < 1.29 is 18.3 Å². The van der Waals surface area contributed by atoms with Gasteiger partial charge in [-0.25, -0.2) is 8.78 Å². The molecule has 4 heteroatoms. The number of benzene rings is 1. The molecule has 34 heavy (non-hydrogen) atoms. The zero-order chi connectivity index (χ0) is 24.1. The maximum Gasteiger partial charge on any atom is 0.187 e. The first-order chi connectivity index (χ1) is 16.4. The molecule has 4 rings (SSSR count). The van der Waals surface area contributed by atoms with Crippen molar-refractivity contribution in [3.05, 3.63) is 59.1 Å². The zero-order valence-electron chi connectivity index (χ0n) is 21.2. The molecule has 0 aromatic heterocycles. The predicted octanol–water partition coefficient (Wildman–Crippen LogP) is 8.58. The number of fused-ring (bicyclic) bond motifs is 1. The van der Waals surface area contributed by atoms with Crippen molar-refractivity contribution in [2.75, 3.05) is 6.61 Å². The van der Waals surface area contributed by atoms with E-state index in [0.29, 0.717) is 12.5 Å². The average molecular weight is 473 g/mol. The van der Waals surface area contributed by atoms with Gasteiger partial charge in [-0.15, -0.1) is 0 Å². The summed E-state index contributed by atoms with van der Waals surface area (Å²) in [6.07, 6.45) is 13.6. The van der Waals surface area contributed by atoms with Gasteiger partial charge in [-0.05, 0) is 92.9 Å². The molecule has 2 saturated carbocycles. The maximum atomic E-state index is 14.7. The van der Waals surface area contributed by atoms with Crippen molar-refractivity contribution >= 4 is 0 Å². The summed E-state index contributed by atoms with van der Waals surface area (Å²) in [5.74, 6) is 2.52. The Morgan fingerprint density at radius 3 is 2.47 bits per heavy atom. The van der Waals surface area contributed by atoms with E-state index in [0.717, 1.165) is 23.3 Å². The highest BCUT2D eigenvalue weighted by Crippen LogP contribution is 2.48. The van der Waals surface area contributed by atoms with Crippen LogP contribution in [0.25, 0.3) is 0 Å². The molecule has 6 unspecified atom stereocenters. The molecule has 6 atom stereocenters. The van der Waals surface area contributed by atoms with Crippen LogP contribution in [0.15, 0.2) is 48.0 Å². The van der Waals surface area contributed by atoms with Crippen molar-refractivity contribution in [2.45, 2.75) is 103 Å². The van der Waals surface area contributed by atoms with Crippen LogP contribution in [0.3, 0.4) is 0 Å². The summed E-state index contributed by atoms with van der Waals surface area (Å²) in [4.78, 5) is 0. The minimum absolute atomic E-state index is 0.0374. The normalized spacial score (nSPS) is 33.6. The van der Waals surface area contributed by atoms with E-state index in [4.69, 9.17) is 9.47 Å². The van der Waals surface area contributed by atoms with Gasteiger partial charge in [0.25, 0.3) is 0 Å². The number of rotatable bonds is 9. The van der Waals surface area contributed by atoms with Gasteiger partial charge in [0, 0.05) is 0 Å². The van der Waals surface area contributed by atoms with Crippen LogP contribution in [0.5, 0.6) is 0 Å². The van der Waals surface area contributed by atoms with Crippen molar-refractivity contribution in [3.8, 4) is 0 Å². The average Bonchev–Trinajstić information content (AvgIpc) is 2.87. The van der Waals surface area contributed by atoms with Crippen LogP contribution in [-0.4, -0.2) is 18.4 Å². The Kier molecular flexibility index (Phi) is 8.50. The molecule has 0 aliphatic heterocycles. The Morgan fingerprint density at radius 1 is 1.00 bits per heavy atom. The summed E-state index contributed by atoms with van der Waals surface area (Å²) in [7, 11) is 0. The molecule has 3 aliphatic carbocycles. The van der Waals surface area contributed by atoms with Crippen LogP contribution in [0.4, 0.5) is 8.78 Å². The molecule has 0 radical (unpaired) electrons. The largest absolute Gasteiger partial charge is 0.491 e. The van der Waals surface area contributed by atoms with Gasteiger partial charge in [0.1, 0.15) is 5.60 Å². The van der Waals surface area contributed by atoms with Gasteiger partial charge in [0.2, 0.25) is 0 Å². The minimum atomic E-state index is -1.87. The molecule has 1 aromatic rings. The molecule has 3 aliphatic rings. The van der Waals surface area contributed by atoms with Crippen LogP contribution in [0, 0.1) is 17.8 Å². The Balaban J connectivity index is 1.29. The standard InChI is InChI=1S/C30H42F2O2/c1-4-6-7-21-8-13-26-19-25(15-14-24(26)18-21)23-11-9-22(10-12-23)20-34-30(3)17-16-27(33-5-2)28(31)29(30)32/h9-12,16-17,21,24-26,29H,4-8,13-15,18-20H2,1-3H3. The van der Waals surface area contributed by atoms with Crippen molar-refractivity contribution in [2.24, 2.45) is 17.8 Å². The summed E-state index contributed by atoms with van der Waals surface area (Å²) in [6.45, 7) is 6.17. The van der Waals surface area contributed by atoms with Gasteiger partial charge < -0.3 is 9.47 Å². The van der Waals surface area contributed by atoms with Crippen LogP contribution >= 0.6 is 0 Å². The molecule has 0 heterocycles. The lowest BCUT2D eigenvalue weighted by Gasteiger charge is -2.42. The van der Waals surface area contributed by atoms with Crippen LogP contribution in [0.1, 0.15) is 95.6 Å². The fraction of sp³-hybridized carbons (Fsp3) is 0.667. The Hall–Kier alpha value is -1.68. The molecular formula is C30H42F2O2. The summed E-state index contributed by atoms with van der Waals surface area (Å²) in [5, 5.41) is 0. The summed E-state index contributed by atoms with van der Waals surface area (Å²) < 4.78 is 40.1. The number of hydrogen-bond donors (Lipinski definition) is 0. The fourth-order valence-corrected chi connectivity index (χ4v) is 6.34. The van der Waals surface area contributed by atoms with Crippen molar-refractivity contribution in [1.29, 1.82) is 0 Å². The van der Waals surface area contributed by atoms with E-state index in [1.54, 1.807) is 19.9 Å². The highest BCUT2D eigenvalue weighted by atomic mass is 19.2. The molecule has 0 spiro atoms. The highest BCUT2D eigenvalue weighted by Gasteiger charge is 2.41. The van der Waals surface area contributed by atoms with Crippen molar-refractivity contribution in [1.82, 2.24) is 0 Å². The third-order valence-corrected chi connectivity index (χ3v) is 8.52. The van der Waals surface area contributed by atoms with Gasteiger partial charge in [-0.2, -0.15) is 0 Å². The second kappa shape index (κ2) is 11.4. The molecular weight excluding hydrogens is 430 g/mol. The quantitative estimate of drug-likeness (QED) is 0.358. The number of halogens is 2. The van der Waals surface area contributed by atoms with Crippen LogP contribution in [0.2, 0.25) is 0 Å². The third kappa shape index (κ3) is 5.75. The Morgan fingerprint density at radius 2 is 1.74 bits per heavy atom. The minimum Gasteiger partial charge on any atom is -0.491 e. The molecule has 0 amide bonds. The van der Waals surface area contributed by atoms with Gasteiger partial charge in [0.15, 0.2) is 17.8 Å². The third-order valence-electron chi connectivity index (χ3n) is 8.52. The fourth-order valence-electron chi connectivity index (χ4n) is 6.34. The van der Waals surface area contributed by atoms with Gasteiger partial charge >= 0.3 is 0 Å². The van der Waals surface area contributed by atoms with E-state index in [1.807, 2.05) is 0 Å². The SMILES string of the molecule is CCCCC1CCC2CC(c3ccc(COC4(C)C=CC(OCC)=C(F)C4F)cc3)CCC2C1. The summed E-state index contributed by atoms with van der Waals surface area (Å²) in [5.41, 5.74) is 1.06. The topological polar surface area (TPSA) is 18.5 Å². The lowest BCUT2D eigenvalue weighted by Crippen LogP contribution is -2.40. The number of ether oxygens (including phenoxy) is 2. The Labute approximate surface area is 204 Å². The number of alkyl halides is 1. The molecule has 1 aromatic carbocycles. The molecule has 0 bridgehead atoms. The van der Waals surface area contributed by atoms with E-state index in [2.05, 4.69) is 31.2 Å².